The van der Waals surface area contributed by atoms with Crippen molar-refractivity contribution in [2.45, 2.75) is 25.3 Å². The molecule has 4 nitrogen and oxygen atoms in total. The van der Waals surface area contributed by atoms with Crippen LogP contribution in [0.2, 0.25) is 0 Å². The van der Waals surface area contributed by atoms with Crippen molar-refractivity contribution in [2.24, 2.45) is 0 Å². The predicted molar refractivity (Wildman–Crippen MR) is 99.7 cm³/mol. The Kier molecular flexibility index (Phi) is 6.07. The maximum absolute atomic E-state index is 12.3. The average molecular weight is 338 g/mol. The summed E-state index contributed by atoms with van der Waals surface area (Å²) in [6.07, 6.45) is 2.88. The molecule has 4 heteroatoms. The van der Waals surface area contributed by atoms with Gasteiger partial charge in [0.05, 0.1) is 19.6 Å². The molecule has 0 aliphatic carbocycles. The third kappa shape index (κ3) is 4.83. The van der Waals surface area contributed by atoms with E-state index in [2.05, 4.69) is 22.3 Å². The van der Waals surface area contributed by atoms with Crippen molar-refractivity contribution in [3.8, 4) is 5.75 Å². The summed E-state index contributed by atoms with van der Waals surface area (Å²) in [5, 5.41) is 3.12. The Morgan fingerprint density at radius 3 is 2.40 bits per heavy atom. The minimum absolute atomic E-state index is 0.0731. The topological polar surface area (TPSA) is 41.6 Å². The Morgan fingerprint density at radius 2 is 1.76 bits per heavy atom. The van der Waals surface area contributed by atoms with E-state index >= 15 is 0 Å². The number of likely N-dealkylation sites (tertiary alicyclic amines) is 1. The second-order valence-electron chi connectivity index (χ2n) is 6.50. The highest BCUT2D eigenvalue weighted by molar-refractivity contribution is 5.78. The van der Waals surface area contributed by atoms with Gasteiger partial charge in [-0.05, 0) is 49.2 Å². The third-order valence-electron chi connectivity index (χ3n) is 4.78. The fourth-order valence-electron chi connectivity index (χ4n) is 3.39. The van der Waals surface area contributed by atoms with Crippen molar-refractivity contribution in [1.29, 1.82) is 0 Å². The summed E-state index contributed by atoms with van der Waals surface area (Å²) in [5.41, 5.74) is 2.27. The number of carbonyl (C=O) groups is 1. The fourth-order valence-corrected chi connectivity index (χ4v) is 3.39. The zero-order valence-corrected chi connectivity index (χ0v) is 14.8. The lowest BCUT2D eigenvalue weighted by Crippen LogP contribution is -2.37. The quantitative estimate of drug-likeness (QED) is 0.843. The number of carbonyl (C=O) groups excluding carboxylic acids is 1. The molecule has 0 radical (unpaired) electrons. The van der Waals surface area contributed by atoms with Gasteiger partial charge in [-0.1, -0.05) is 42.5 Å². The van der Waals surface area contributed by atoms with Gasteiger partial charge >= 0.3 is 0 Å². The Balaban J connectivity index is 1.64. The molecule has 1 amide bonds. The van der Waals surface area contributed by atoms with E-state index in [1.54, 1.807) is 7.11 Å². The van der Waals surface area contributed by atoms with Crippen LogP contribution >= 0.6 is 0 Å². The molecule has 3 rings (SSSR count). The molecule has 0 aromatic heterocycles. The molecule has 1 saturated heterocycles. The van der Waals surface area contributed by atoms with E-state index in [0.29, 0.717) is 13.0 Å². The predicted octanol–water partition coefficient (Wildman–Crippen LogP) is 3.19. The van der Waals surface area contributed by atoms with E-state index in [1.165, 1.54) is 18.4 Å². The van der Waals surface area contributed by atoms with Crippen LogP contribution in [0, 0.1) is 0 Å². The van der Waals surface area contributed by atoms with Crippen LogP contribution in [0.5, 0.6) is 5.75 Å². The van der Waals surface area contributed by atoms with E-state index in [0.717, 1.165) is 24.4 Å². The molecule has 1 N–H and O–H groups in total. The lowest BCUT2D eigenvalue weighted by molar-refractivity contribution is -0.120. The molecular weight excluding hydrogens is 312 g/mol. The van der Waals surface area contributed by atoms with E-state index < -0.39 is 0 Å². The third-order valence-corrected chi connectivity index (χ3v) is 4.78. The van der Waals surface area contributed by atoms with Crippen LogP contribution in [-0.2, 0) is 11.2 Å². The summed E-state index contributed by atoms with van der Waals surface area (Å²) >= 11 is 0. The van der Waals surface area contributed by atoms with Gasteiger partial charge in [-0.3, -0.25) is 9.69 Å². The standard InChI is InChI=1S/C21H26N2O2/c1-25-19-11-9-18(10-12-19)20(23-13-5-6-14-23)16-22-21(24)15-17-7-3-2-4-8-17/h2-4,7-12,20H,5-6,13-16H2,1H3,(H,22,24). The van der Waals surface area contributed by atoms with Crippen LogP contribution in [0.4, 0.5) is 0 Å². The summed E-state index contributed by atoms with van der Waals surface area (Å²) in [7, 11) is 1.68. The molecule has 0 spiro atoms. The number of rotatable bonds is 7. The van der Waals surface area contributed by atoms with Crippen LogP contribution in [0.3, 0.4) is 0 Å². The SMILES string of the molecule is COc1ccc(C(CNC(=O)Cc2ccccc2)N2CCCC2)cc1. The number of methoxy groups -OCH3 is 1. The second kappa shape index (κ2) is 8.67. The summed E-state index contributed by atoms with van der Waals surface area (Å²) in [6, 6.07) is 18.3. The zero-order valence-electron chi connectivity index (χ0n) is 14.8. The lowest BCUT2D eigenvalue weighted by Gasteiger charge is -2.28. The maximum Gasteiger partial charge on any atom is 0.224 e. The number of ether oxygens (including phenoxy) is 1. The first kappa shape index (κ1) is 17.5. The molecule has 25 heavy (non-hydrogen) atoms. The average Bonchev–Trinajstić information content (AvgIpc) is 3.18. The van der Waals surface area contributed by atoms with E-state index in [1.807, 2.05) is 42.5 Å². The Bertz CT molecular complexity index is 664. The van der Waals surface area contributed by atoms with Gasteiger partial charge in [0.1, 0.15) is 5.75 Å². The van der Waals surface area contributed by atoms with Crippen LogP contribution in [-0.4, -0.2) is 37.6 Å². The van der Waals surface area contributed by atoms with Gasteiger partial charge in [0.2, 0.25) is 5.91 Å². The van der Waals surface area contributed by atoms with E-state index in [9.17, 15) is 4.79 Å². The lowest BCUT2D eigenvalue weighted by atomic mass is 10.0. The molecule has 1 aliphatic rings. The zero-order chi connectivity index (χ0) is 17.5. The summed E-state index contributed by atoms with van der Waals surface area (Å²) in [6.45, 7) is 2.81. The van der Waals surface area contributed by atoms with Crippen molar-refractivity contribution in [3.63, 3.8) is 0 Å². The number of benzene rings is 2. The molecule has 1 unspecified atom stereocenters. The Labute approximate surface area is 149 Å². The number of nitrogens with one attached hydrogen (secondary N) is 1. The van der Waals surface area contributed by atoms with Gasteiger partial charge in [0.15, 0.2) is 0 Å². The highest BCUT2D eigenvalue weighted by atomic mass is 16.5. The fraction of sp³-hybridized carbons (Fsp3) is 0.381. The Morgan fingerprint density at radius 1 is 1.08 bits per heavy atom. The molecule has 2 aromatic rings. The van der Waals surface area contributed by atoms with Gasteiger partial charge in [-0.15, -0.1) is 0 Å². The minimum atomic E-state index is 0.0731. The van der Waals surface area contributed by atoms with E-state index in [-0.39, 0.29) is 11.9 Å². The highest BCUT2D eigenvalue weighted by Gasteiger charge is 2.24. The van der Waals surface area contributed by atoms with Crippen molar-refractivity contribution >= 4 is 5.91 Å². The smallest absolute Gasteiger partial charge is 0.224 e. The first-order chi connectivity index (χ1) is 12.3. The molecule has 0 bridgehead atoms. The second-order valence-corrected chi connectivity index (χ2v) is 6.50. The monoisotopic (exact) mass is 338 g/mol. The first-order valence-corrected chi connectivity index (χ1v) is 8.95. The highest BCUT2D eigenvalue weighted by Crippen LogP contribution is 2.26. The minimum Gasteiger partial charge on any atom is -0.497 e. The molecule has 1 heterocycles. The summed E-state index contributed by atoms with van der Waals surface area (Å²) in [4.78, 5) is 14.8. The van der Waals surface area contributed by atoms with Gasteiger partial charge in [0, 0.05) is 6.54 Å². The molecule has 1 fully saturated rings. The van der Waals surface area contributed by atoms with Gasteiger partial charge in [-0.25, -0.2) is 0 Å². The van der Waals surface area contributed by atoms with Crippen molar-refractivity contribution in [3.05, 3.63) is 65.7 Å². The molecule has 132 valence electrons. The van der Waals surface area contributed by atoms with Crippen LogP contribution in [0.15, 0.2) is 54.6 Å². The molecule has 1 atom stereocenters. The number of hydrogen-bond acceptors (Lipinski definition) is 3. The van der Waals surface area contributed by atoms with Crippen molar-refractivity contribution in [2.75, 3.05) is 26.7 Å². The van der Waals surface area contributed by atoms with Gasteiger partial charge in [0.25, 0.3) is 0 Å². The molecular formula is C21H26N2O2. The molecule has 0 saturated carbocycles. The Hall–Kier alpha value is -2.33. The van der Waals surface area contributed by atoms with Gasteiger partial charge in [-0.2, -0.15) is 0 Å². The largest absolute Gasteiger partial charge is 0.497 e. The van der Waals surface area contributed by atoms with Crippen LogP contribution < -0.4 is 10.1 Å². The normalized spacial score (nSPS) is 15.7. The van der Waals surface area contributed by atoms with Gasteiger partial charge < -0.3 is 10.1 Å². The summed E-state index contributed by atoms with van der Waals surface area (Å²) < 4.78 is 5.26. The number of hydrogen-bond donors (Lipinski definition) is 1. The van der Waals surface area contributed by atoms with Crippen LogP contribution in [0.25, 0.3) is 0 Å². The number of nitrogens with zero attached hydrogens (tertiary/aromatic N) is 1. The summed E-state index contributed by atoms with van der Waals surface area (Å²) in [5.74, 6) is 0.931. The van der Waals surface area contributed by atoms with E-state index in [4.69, 9.17) is 4.74 Å². The number of amides is 1. The molecule has 1 aliphatic heterocycles. The maximum atomic E-state index is 12.3. The van der Waals surface area contributed by atoms with Crippen molar-refractivity contribution < 1.29 is 9.53 Å². The van der Waals surface area contributed by atoms with Crippen LogP contribution in [0.1, 0.15) is 30.0 Å². The first-order valence-electron chi connectivity index (χ1n) is 8.95. The van der Waals surface area contributed by atoms with Crippen molar-refractivity contribution in [1.82, 2.24) is 10.2 Å². The molecule has 2 aromatic carbocycles.